The Bertz CT molecular complexity index is 579. The van der Waals surface area contributed by atoms with Crippen molar-refractivity contribution in [3.05, 3.63) is 41.7 Å². The van der Waals surface area contributed by atoms with E-state index in [1.807, 2.05) is 0 Å². The van der Waals surface area contributed by atoms with E-state index >= 15 is 0 Å². The Morgan fingerprint density at radius 2 is 2.33 bits per heavy atom. The molecule has 0 saturated carbocycles. The summed E-state index contributed by atoms with van der Waals surface area (Å²) in [6.45, 7) is 1.76. The number of tetrazole rings is 1. The fourth-order valence-electron chi connectivity index (χ4n) is 1.36. The van der Waals surface area contributed by atoms with Gasteiger partial charge in [-0.25, -0.2) is 4.68 Å². The predicted molar refractivity (Wildman–Crippen MR) is 67.6 cm³/mol. The van der Waals surface area contributed by atoms with Gasteiger partial charge in [0, 0.05) is 0 Å². The standard InChI is InChI=1S/C11H10ClN5O/c1-2-3-11(18)14-10-6-8(4-5-9(10)12)17-7-13-15-16-17/h2-7H,1H3,(H,14,18). The van der Waals surface area contributed by atoms with E-state index in [9.17, 15) is 4.79 Å². The summed E-state index contributed by atoms with van der Waals surface area (Å²) in [5.74, 6) is -0.242. The van der Waals surface area contributed by atoms with Crippen LogP contribution in [0.3, 0.4) is 0 Å². The maximum atomic E-state index is 11.5. The SMILES string of the molecule is CC=CC(=O)Nc1cc(-n2cnnn2)ccc1Cl. The van der Waals surface area contributed by atoms with Gasteiger partial charge in [-0.1, -0.05) is 17.7 Å². The van der Waals surface area contributed by atoms with Crippen molar-refractivity contribution in [1.82, 2.24) is 20.2 Å². The van der Waals surface area contributed by atoms with E-state index in [0.29, 0.717) is 16.4 Å². The van der Waals surface area contributed by atoms with Gasteiger partial charge in [0.05, 0.1) is 16.4 Å². The number of nitrogens with one attached hydrogen (secondary N) is 1. The van der Waals surface area contributed by atoms with Crippen LogP contribution in [-0.4, -0.2) is 26.1 Å². The number of hydrogen-bond acceptors (Lipinski definition) is 4. The molecule has 0 radical (unpaired) electrons. The highest BCUT2D eigenvalue weighted by Gasteiger charge is 2.06. The van der Waals surface area contributed by atoms with E-state index in [-0.39, 0.29) is 5.91 Å². The fraction of sp³-hybridized carbons (Fsp3) is 0.0909. The van der Waals surface area contributed by atoms with Crippen LogP contribution >= 0.6 is 11.6 Å². The van der Waals surface area contributed by atoms with Gasteiger partial charge >= 0.3 is 0 Å². The zero-order valence-electron chi connectivity index (χ0n) is 9.54. The van der Waals surface area contributed by atoms with Crippen molar-refractivity contribution in [2.75, 3.05) is 5.32 Å². The molecule has 0 fully saturated rings. The monoisotopic (exact) mass is 263 g/mol. The third-order valence-corrected chi connectivity index (χ3v) is 2.47. The van der Waals surface area contributed by atoms with Gasteiger partial charge in [-0.15, -0.1) is 5.10 Å². The maximum absolute atomic E-state index is 11.5. The number of carbonyl (C=O) groups excluding carboxylic acids is 1. The van der Waals surface area contributed by atoms with E-state index in [1.165, 1.54) is 17.1 Å². The number of allylic oxidation sites excluding steroid dienone is 1. The molecule has 1 aromatic carbocycles. The van der Waals surface area contributed by atoms with Crippen LogP contribution in [0.5, 0.6) is 0 Å². The summed E-state index contributed by atoms with van der Waals surface area (Å²) in [4.78, 5) is 11.5. The molecule has 2 aromatic rings. The highest BCUT2D eigenvalue weighted by atomic mass is 35.5. The number of anilines is 1. The number of hydrogen-bond donors (Lipinski definition) is 1. The molecule has 1 amide bonds. The number of rotatable bonds is 3. The Morgan fingerprint density at radius 3 is 3.00 bits per heavy atom. The highest BCUT2D eigenvalue weighted by Crippen LogP contribution is 2.24. The molecule has 2 rings (SSSR count). The van der Waals surface area contributed by atoms with E-state index in [2.05, 4.69) is 20.8 Å². The molecular formula is C11H10ClN5O. The Balaban J connectivity index is 2.30. The molecule has 7 heteroatoms. The molecule has 0 atom stereocenters. The van der Waals surface area contributed by atoms with Gasteiger partial charge in [0.25, 0.3) is 0 Å². The molecule has 6 nitrogen and oxygen atoms in total. The molecular weight excluding hydrogens is 254 g/mol. The topological polar surface area (TPSA) is 72.7 Å². The van der Waals surface area contributed by atoms with Crippen molar-refractivity contribution >= 4 is 23.2 Å². The Morgan fingerprint density at radius 1 is 1.50 bits per heavy atom. The molecule has 18 heavy (non-hydrogen) atoms. The first-order chi connectivity index (χ1) is 8.70. The summed E-state index contributed by atoms with van der Waals surface area (Å²) in [6, 6.07) is 5.12. The van der Waals surface area contributed by atoms with Crippen LogP contribution in [0, 0.1) is 0 Å². The molecule has 0 spiro atoms. The van der Waals surface area contributed by atoms with Crippen LogP contribution in [0.15, 0.2) is 36.7 Å². The number of halogens is 1. The minimum atomic E-state index is -0.242. The minimum absolute atomic E-state index is 0.242. The number of aromatic nitrogens is 4. The lowest BCUT2D eigenvalue weighted by molar-refractivity contribution is -0.111. The van der Waals surface area contributed by atoms with Crippen molar-refractivity contribution in [3.8, 4) is 5.69 Å². The summed E-state index contributed by atoms with van der Waals surface area (Å²) < 4.78 is 1.47. The molecule has 1 heterocycles. The molecule has 0 aliphatic heterocycles. The first-order valence-electron chi connectivity index (χ1n) is 5.17. The van der Waals surface area contributed by atoms with E-state index in [0.717, 1.165) is 0 Å². The number of carbonyl (C=O) groups is 1. The van der Waals surface area contributed by atoms with Crippen molar-refractivity contribution in [1.29, 1.82) is 0 Å². The molecule has 0 saturated heterocycles. The van der Waals surface area contributed by atoms with Crippen molar-refractivity contribution in [2.24, 2.45) is 0 Å². The Hall–Kier alpha value is -2.21. The first-order valence-corrected chi connectivity index (χ1v) is 5.55. The summed E-state index contributed by atoms with van der Waals surface area (Å²) >= 11 is 6.00. The summed E-state index contributed by atoms with van der Waals surface area (Å²) in [5.41, 5.74) is 1.22. The van der Waals surface area contributed by atoms with Gasteiger partial charge in [-0.2, -0.15) is 0 Å². The second kappa shape index (κ2) is 5.42. The minimum Gasteiger partial charge on any atom is -0.321 e. The average molecular weight is 264 g/mol. The van der Waals surface area contributed by atoms with Crippen molar-refractivity contribution in [2.45, 2.75) is 6.92 Å². The van der Waals surface area contributed by atoms with Gasteiger partial charge in [0.1, 0.15) is 6.33 Å². The molecule has 0 unspecified atom stereocenters. The highest BCUT2D eigenvalue weighted by molar-refractivity contribution is 6.33. The van der Waals surface area contributed by atoms with E-state index in [4.69, 9.17) is 11.6 Å². The molecule has 0 aliphatic carbocycles. The van der Waals surface area contributed by atoms with Crippen molar-refractivity contribution in [3.63, 3.8) is 0 Å². The van der Waals surface area contributed by atoms with Crippen LogP contribution < -0.4 is 5.32 Å². The quantitative estimate of drug-likeness (QED) is 0.858. The van der Waals surface area contributed by atoms with E-state index < -0.39 is 0 Å². The lowest BCUT2D eigenvalue weighted by Crippen LogP contribution is -2.08. The smallest absolute Gasteiger partial charge is 0.248 e. The lowest BCUT2D eigenvalue weighted by Gasteiger charge is -2.07. The van der Waals surface area contributed by atoms with Gasteiger partial charge in [0.15, 0.2) is 0 Å². The molecule has 1 aromatic heterocycles. The Kier molecular flexibility index (Phi) is 3.69. The zero-order valence-corrected chi connectivity index (χ0v) is 10.3. The van der Waals surface area contributed by atoms with Crippen molar-refractivity contribution < 1.29 is 4.79 Å². The van der Waals surface area contributed by atoms with Crippen LogP contribution in [0.1, 0.15) is 6.92 Å². The molecule has 0 aliphatic rings. The van der Waals surface area contributed by atoms with Gasteiger partial charge in [-0.05, 0) is 41.6 Å². The second-order valence-corrected chi connectivity index (χ2v) is 3.81. The molecule has 0 bridgehead atoms. The molecule has 1 N–H and O–H groups in total. The predicted octanol–water partition coefficient (Wildman–Crippen LogP) is 1.83. The van der Waals surface area contributed by atoms with Crippen LogP contribution in [0.4, 0.5) is 5.69 Å². The fourth-order valence-corrected chi connectivity index (χ4v) is 1.52. The normalized spacial score (nSPS) is 10.8. The summed E-state index contributed by atoms with van der Waals surface area (Å²) in [6.07, 6.45) is 4.52. The van der Waals surface area contributed by atoms with E-state index in [1.54, 1.807) is 31.2 Å². The third kappa shape index (κ3) is 2.72. The maximum Gasteiger partial charge on any atom is 0.248 e. The van der Waals surface area contributed by atoms with Gasteiger partial charge in [-0.3, -0.25) is 4.79 Å². The first kappa shape index (κ1) is 12.3. The number of benzene rings is 1. The third-order valence-electron chi connectivity index (χ3n) is 2.14. The largest absolute Gasteiger partial charge is 0.321 e. The van der Waals surface area contributed by atoms with Crippen LogP contribution in [0.25, 0.3) is 5.69 Å². The molecule has 92 valence electrons. The second-order valence-electron chi connectivity index (χ2n) is 3.41. The van der Waals surface area contributed by atoms with Crippen LogP contribution in [-0.2, 0) is 4.79 Å². The number of amides is 1. The zero-order chi connectivity index (χ0) is 13.0. The van der Waals surface area contributed by atoms with Gasteiger partial charge < -0.3 is 5.32 Å². The average Bonchev–Trinajstić information content (AvgIpc) is 2.86. The lowest BCUT2D eigenvalue weighted by atomic mass is 10.2. The summed E-state index contributed by atoms with van der Waals surface area (Å²) in [7, 11) is 0. The van der Waals surface area contributed by atoms with Gasteiger partial charge in [0.2, 0.25) is 5.91 Å². The van der Waals surface area contributed by atoms with Crippen LogP contribution in [0.2, 0.25) is 5.02 Å². The Labute approximate surface area is 108 Å². The summed E-state index contributed by atoms with van der Waals surface area (Å²) in [5, 5.41) is 14.0. The number of nitrogens with zero attached hydrogens (tertiary/aromatic N) is 4.